The zero-order valence-corrected chi connectivity index (χ0v) is 15.5. The second-order valence-electron chi connectivity index (χ2n) is 5.82. The number of rotatable bonds is 6. The highest BCUT2D eigenvalue weighted by atomic mass is 32.2. The number of hydrogen-bond donors (Lipinski definition) is 2. The highest BCUT2D eigenvalue weighted by molar-refractivity contribution is 7.92. The van der Waals surface area contributed by atoms with Gasteiger partial charge < -0.3 is 5.32 Å². The molecule has 0 amide bonds. The van der Waals surface area contributed by atoms with Gasteiger partial charge in [-0.3, -0.25) is 4.72 Å². The number of benzene rings is 2. The van der Waals surface area contributed by atoms with Gasteiger partial charge in [0.2, 0.25) is 0 Å². The van der Waals surface area contributed by atoms with Gasteiger partial charge >= 0.3 is 0 Å². The number of pyridine rings is 1. The van der Waals surface area contributed by atoms with Crippen LogP contribution in [0.5, 0.6) is 0 Å². The van der Waals surface area contributed by atoms with Crippen LogP contribution in [0.1, 0.15) is 18.1 Å². The van der Waals surface area contributed by atoms with Crippen molar-refractivity contribution in [2.45, 2.75) is 18.2 Å². The number of nitriles is 1. The van der Waals surface area contributed by atoms with Crippen molar-refractivity contribution >= 4 is 27.2 Å². The minimum absolute atomic E-state index is 0.199. The van der Waals surface area contributed by atoms with E-state index in [1.807, 2.05) is 13.0 Å². The van der Waals surface area contributed by atoms with E-state index in [2.05, 4.69) is 21.1 Å². The van der Waals surface area contributed by atoms with E-state index >= 15 is 0 Å². The van der Waals surface area contributed by atoms with Crippen LogP contribution < -0.4 is 10.0 Å². The highest BCUT2D eigenvalue weighted by Crippen LogP contribution is 2.21. The Morgan fingerprint density at radius 2 is 1.78 bits per heavy atom. The minimum atomic E-state index is -3.67. The average Bonchev–Trinajstić information content (AvgIpc) is 2.70. The van der Waals surface area contributed by atoms with E-state index in [1.165, 1.54) is 6.20 Å². The average molecular weight is 378 g/mol. The predicted molar refractivity (Wildman–Crippen MR) is 105 cm³/mol. The monoisotopic (exact) mass is 378 g/mol. The van der Waals surface area contributed by atoms with E-state index in [4.69, 9.17) is 5.26 Å². The summed E-state index contributed by atoms with van der Waals surface area (Å²) in [5.41, 5.74) is 2.56. The van der Waals surface area contributed by atoms with Gasteiger partial charge in [0.1, 0.15) is 11.9 Å². The normalized spacial score (nSPS) is 10.8. The Morgan fingerprint density at radius 1 is 1.04 bits per heavy atom. The largest absolute Gasteiger partial charge is 0.339 e. The molecule has 2 aromatic carbocycles. The van der Waals surface area contributed by atoms with E-state index in [0.29, 0.717) is 22.8 Å². The molecule has 0 aliphatic rings. The summed E-state index contributed by atoms with van der Waals surface area (Å²) in [5.74, 6) is 0.507. The fourth-order valence-corrected chi connectivity index (χ4v) is 3.52. The third-order valence-electron chi connectivity index (χ3n) is 3.97. The van der Waals surface area contributed by atoms with Gasteiger partial charge in [0.05, 0.1) is 28.0 Å². The number of hydrogen-bond acceptors (Lipinski definition) is 5. The quantitative estimate of drug-likeness (QED) is 0.674. The summed E-state index contributed by atoms with van der Waals surface area (Å²) >= 11 is 0. The smallest absolute Gasteiger partial charge is 0.261 e. The van der Waals surface area contributed by atoms with Gasteiger partial charge in [0.15, 0.2) is 0 Å². The van der Waals surface area contributed by atoms with Gasteiger partial charge in [-0.25, -0.2) is 13.4 Å². The van der Waals surface area contributed by atoms with Gasteiger partial charge in [-0.2, -0.15) is 5.26 Å². The number of anilines is 3. The van der Waals surface area contributed by atoms with Crippen LogP contribution in [0.4, 0.5) is 17.2 Å². The number of nitrogens with zero attached hydrogens (tertiary/aromatic N) is 2. The number of aromatic nitrogens is 1. The van der Waals surface area contributed by atoms with Gasteiger partial charge in [0, 0.05) is 0 Å². The van der Waals surface area contributed by atoms with Crippen molar-refractivity contribution in [2.24, 2.45) is 0 Å². The molecule has 1 heterocycles. The lowest BCUT2D eigenvalue weighted by atomic mass is 10.2. The zero-order chi connectivity index (χ0) is 19.3. The second-order valence-corrected chi connectivity index (χ2v) is 7.50. The van der Waals surface area contributed by atoms with Gasteiger partial charge in [0.25, 0.3) is 10.0 Å². The van der Waals surface area contributed by atoms with Crippen LogP contribution in [0, 0.1) is 11.3 Å². The summed E-state index contributed by atoms with van der Waals surface area (Å²) in [4.78, 5) is 4.41. The Bertz CT molecular complexity index is 1070. The molecule has 0 atom stereocenters. The molecule has 136 valence electrons. The number of aryl methyl sites for hydroxylation is 1. The summed E-state index contributed by atoms with van der Waals surface area (Å²) in [6, 6.07) is 19.2. The lowest BCUT2D eigenvalue weighted by Crippen LogP contribution is -2.13. The molecule has 7 heteroatoms. The number of sulfonamides is 1. The van der Waals surface area contributed by atoms with E-state index in [1.54, 1.807) is 54.6 Å². The van der Waals surface area contributed by atoms with Crippen LogP contribution in [-0.2, 0) is 16.4 Å². The third kappa shape index (κ3) is 4.43. The molecular weight excluding hydrogens is 360 g/mol. The summed E-state index contributed by atoms with van der Waals surface area (Å²) in [5, 5.41) is 12.2. The SMILES string of the molecule is CCc1ccc(S(=O)(=O)Nc2ccc(Nc3ccccc3C#N)nc2)cc1. The summed E-state index contributed by atoms with van der Waals surface area (Å²) in [6.45, 7) is 2.01. The van der Waals surface area contributed by atoms with Crippen molar-refractivity contribution in [3.8, 4) is 6.07 Å². The molecule has 6 nitrogen and oxygen atoms in total. The molecule has 3 aromatic rings. The lowest BCUT2D eigenvalue weighted by Gasteiger charge is -2.10. The lowest BCUT2D eigenvalue weighted by molar-refractivity contribution is 0.601. The van der Waals surface area contributed by atoms with Crippen molar-refractivity contribution in [1.82, 2.24) is 4.98 Å². The summed E-state index contributed by atoms with van der Waals surface area (Å²) in [6.07, 6.45) is 2.27. The van der Waals surface area contributed by atoms with Crippen LogP contribution in [0.2, 0.25) is 0 Å². The Labute approximate surface area is 158 Å². The fraction of sp³-hybridized carbons (Fsp3) is 0.100. The maximum absolute atomic E-state index is 12.5. The van der Waals surface area contributed by atoms with E-state index in [0.717, 1.165) is 12.0 Å². The predicted octanol–water partition coefficient (Wildman–Crippen LogP) is 4.06. The topological polar surface area (TPSA) is 94.9 Å². The first-order valence-corrected chi connectivity index (χ1v) is 9.84. The number of para-hydroxylation sites is 1. The molecule has 0 bridgehead atoms. The number of nitrogens with one attached hydrogen (secondary N) is 2. The Kier molecular flexibility index (Phi) is 5.38. The molecule has 1 aromatic heterocycles. The molecule has 0 aliphatic heterocycles. The van der Waals surface area contributed by atoms with Crippen LogP contribution in [0.25, 0.3) is 0 Å². The van der Waals surface area contributed by atoms with Crippen LogP contribution in [0.15, 0.2) is 71.8 Å². The minimum Gasteiger partial charge on any atom is -0.339 e. The third-order valence-corrected chi connectivity index (χ3v) is 5.37. The van der Waals surface area contributed by atoms with Crippen LogP contribution in [-0.4, -0.2) is 13.4 Å². The summed E-state index contributed by atoms with van der Waals surface area (Å²) in [7, 11) is -3.67. The van der Waals surface area contributed by atoms with Crippen molar-refractivity contribution in [3.05, 3.63) is 78.0 Å². The maximum Gasteiger partial charge on any atom is 0.261 e. The molecule has 0 saturated heterocycles. The van der Waals surface area contributed by atoms with Crippen molar-refractivity contribution < 1.29 is 8.42 Å². The van der Waals surface area contributed by atoms with Gasteiger partial charge in [-0.15, -0.1) is 0 Å². The molecule has 3 rings (SSSR count). The summed E-state index contributed by atoms with van der Waals surface area (Å²) < 4.78 is 27.5. The standard InChI is InChI=1S/C20H18N4O2S/c1-2-15-7-10-18(11-8-15)27(25,26)24-17-9-12-20(22-14-17)23-19-6-4-3-5-16(19)13-21/h3-12,14,24H,2H2,1H3,(H,22,23). The maximum atomic E-state index is 12.5. The molecule has 0 saturated carbocycles. The molecule has 0 radical (unpaired) electrons. The van der Waals surface area contributed by atoms with E-state index in [9.17, 15) is 8.42 Å². The first kappa shape index (κ1) is 18.4. The Balaban J connectivity index is 1.74. The molecule has 0 spiro atoms. The molecule has 0 aliphatic carbocycles. The molecule has 0 unspecified atom stereocenters. The molecule has 27 heavy (non-hydrogen) atoms. The van der Waals surface area contributed by atoms with Crippen molar-refractivity contribution in [2.75, 3.05) is 10.0 Å². The first-order valence-electron chi connectivity index (χ1n) is 8.36. The molecular formula is C20H18N4O2S. The Hall–Kier alpha value is -3.37. The first-order chi connectivity index (χ1) is 13.0. The zero-order valence-electron chi connectivity index (χ0n) is 14.7. The molecule has 0 fully saturated rings. The van der Waals surface area contributed by atoms with Crippen LogP contribution in [0.3, 0.4) is 0 Å². The van der Waals surface area contributed by atoms with Crippen molar-refractivity contribution in [3.63, 3.8) is 0 Å². The van der Waals surface area contributed by atoms with Crippen molar-refractivity contribution in [1.29, 1.82) is 5.26 Å². The molecule has 2 N–H and O–H groups in total. The second kappa shape index (κ2) is 7.89. The highest BCUT2D eigenvalue weighted by Gasteiger charge is 2.14. The van der Waals surface area contributed by atoms with Gasteiger partial charge in [-0.05, 0) is 48.4 Å². The Morgan fingerprint density at radius 3 is 2.41 bits per heavy atom. The fourth-order valence-electron chi connectivity index (χ4n) is 2.47. The van der Waals surface area contributed by atoms with Crippen LogP contribution >= 0.6 is 0 Å². The van der Waals surface area contributed by atoms with E-state index < -0.39 is 10.0 Å². The van der Waals surface area contributed by atoms with Gasteiger partial charge in [-0.1, -0.05) is 31.2 Å². The van der Waals surface area contributed by atoms with E-state index in [-0.39, 0.29) is 4.90 Å².